The highest BCUT2D eigenvalue weighted by Gasteiger charge is 2.11. The Labute approximate surface area is 94.5 Å². The van der Waals surface area contributed by atoms with Crippen LogP contribution in [0.15, 0.2) is 29.4 Å². The van der Waals surface area contributed by atoms with E-state index in [1.54, 1.807) is 29.6 Å². The lowest BCUT2D eigenvalue weighted by atomic mass is 10.1. The number of hydrogen-bond acceptors (Lipinski definition) is 4. The summed E-state index contributed by atoms with van der Waals surface area (Å²) in [4.78, 5) is 8.29. The molecule has 1 N–H and O–H groups in total. The first-order valence-corrected chi connectivity index (χ1v) is 5.22. The van der Waals surface area contributed by atoms with Crippen molar-refractivity contribution in [3.05, 3.63) is 30.7 Å². The van der Waals surface area contributed by atoms with Gasteiger partial charge in [0.25, 0.3) is 0 Å². The Morgan fingerprint density at radius 1 is 1.44 bits per heavy atom. The summed E-state index contributed by atoms with van der Waals surface area (Å²) in [6.45, 7) is 7.04. The lowest BCUT2D eigenvalue weighted by Gasteiger charge is -2.19. The fourth-order valence-electron chi connectivity index (χ4n) is 1.22. The Bertz CT molecular complexity index is 439. The van der Waals surface area contributed by atoms with Gasteiger partial charge in [0.1, 0.15) is 12.6 Å². The highest BCUT2D eigenvalue weighted by atomic mass is 16.4. The third-order valence-electron chi connectivity index (χ3n) is 2.06. The molecule has 0 aromatic carbocycles. The Balaban J connectivity index is 2.03. The molecule has 0 unspecified atom stereocenters. The molecule has 2 aromatic heterocycles. The van der Waals surface area contributed by atoms with E-state index < -0.39 is 0 Å². The van der Waals surface area contributed by atoms with Crippen molar-refractivity contribution in [2.45, 2.75) is 32.9 Å². The van der Waals surface area contributed by atoms with Gasteiger partial charge >= 0.3 is 6.01 Å². The van der Waals surface area contributed by atoms with Gasteiger partial charge < -0.3 is 9.73 Å². The first-order valence-electron chi connectivity index (χ1n) is 5.22. The van der Waals surface area contributed by atoms with Gasteiger partial charge in [0.05, 0.1) is 5.69 Å². The molecule has 0 radical (unpaired) electrons. The number of nitrogens with zero attached hydrogens (tertiary/aromatic N) is 3. The number of nitrogens with one attached hydrogen (secondary N) is 1. The van der Waals surface area contributed by atoms with Gasteiger partial charge in [0.15, 0.2) is 0 Å². The zero-order chi connectivity index (χ0) is 11.6. The maximum absolute atomic E-state index is 5.35. The molecule has 0 atom stereocenters. The summed E-state index contributed by atoms with van der Waals surface area (Å²) < 4.78 is 7.08. The molecule has 0 spiro atoms. The SMILES string of the molecule is CC(C)(C)NCc1coc(-n2ccnc2)n1. The number of hydrogen-bond donors (Lipinski definition) is 1. The summed E-state index contributed by atoms with van der Waals surface area (Å²) in [5.74, 6) is 0. The molecule has 0 aliphatic heterocycles. The van der Waals surface area contributed by atoms with Gasteiger partial charge in [-0.1, -0.05) is 0 Å². The second kappa shape index (κ2) is 4.09. The van der Waals surface area contributed by atoms with Crippen LogP contribution in [0, 0.1) is 0 Å². The number of imidazole rings is 1. The second-order valence-corrected chi connectivity index (χ2v) is 4.69. The summed E-state index contributed by atoms with van der Waals surface area (Å²) in [7, 11) is 0. The Kier molecular flexibility index (Phi) is 2.78. The number of rotatable bonds is 3. The van der Waals surface area contributed by atoms with E-state index in [-0.39, 0.29) is 5.54 Å². The van der Waals surface area contributed by atoms with Crippen LogP contribution in [0.1, 0.15) is 26.5 Å². The van der Waals surface area contributed by atoms with Crippen LogP contribution in [-0.2, 0) is 6.54 Å². The average Bonchev–Trinajstić information content (AvgIpc) is 2.84. The third kappa shape index (κ3) is 2.70. The largest absolute Gasteiger partial charge is 0.431 e. The van der Waals surface area contributed by atoms with Gasteiger partial charge in [0, 0.05) is 24.5 Å². The minimum Gasteiger partial charge on any atom is -0.431 e. The molecule has 2 aromatic rings. The minimum absolute atomic E-state index is 0.0775. The first-order chi connectivity index (χ1) is 7.54. The van der Waals surface area contributed by atoms with Gasteiger partial charge in [-0.25, -0.2) is 4.98 Å². The van der Waals surface area contributed by atoms with Crippen LogP contribution in [-0.4, -0.2) is 20.1 Å². The van der Waals surface area contributed by atoms with E-state index in [4.69, 9.17) is 4.42 Å². The Hall–Kier alpha value is -1.62. The summed E-state index contributed by atoms with van der Waals surface area (Å²) in [6, 6.07) is 0.545. The van der Waals surface area contributed by atoms with E-state index in [1.807, 2.05) is 0 Å². The summed E-state index contributed by atoms with van der Waals surface area (Å²) in [5, 5.41) is 3.35. The molecular formula is C11H16N4O. The van der Waals surface area contributed by atoms with Crippen molar-refractivity contribution in [1.82, 2.24) is 19.9 Å². The van der Waals surface area contributed by atoms with E-state index in [9.17, 15) is 0 Å². The van der Waals surface area contributed by atoms with Crippen molar-refractivity contribution in [3.8, 4) is 6.01 Å². The molecule has 16 heavy (non-hydrogen) atoms. The minimum atomic E-state index is 0.0775. The molecule has 86 valence electrons. The molecule has 0 saturated heterocycles. The van der Waals surface area contributed by atoms with Crippen molar-refractivity contribution in [1.29, 1.82) is 0 Å². The monoisotopic (exact) mass is 220 g/mol. The standard InChI is InChI=1S/C11H16N4O/c1-11(2,3)13-6-9-7-16-10(14-9)15-5-4-12-8-15/h4-5,7-8,13H,6H2,1-3H3. The van der Waals surface area contributed by atoms with E-state index in [0.717, 1.165) is 5.69 Å². The molecule has 5 heteroatoms. The molecule has 0 aliphatic rings. The number of oxazole rings is 1. The van der Waals surface area contributed by atoms with Crippen LogP contribution in [0.3, 0.4) is 0 Å². The van der Waals surface area contributed by atoms with Crippen molar-refractivity contribution < 1.29 is 4.42 Å². The van der Waals surface area contributed by atoms with Crippen LogP contribution >= 0.6 is 0 Å². The van der Waals surface area contributed by atoms with Gasteiger partial charge in [0.2, 0.25) is 0 Å². The van der Waals surface area contributed by atoms with E-state index in [2.05, 4.69) is 36.1 Å². The predicted molar refractivity (Wildman–Crippen MR) is 60.2 cm³/mol. The third-order valence-corrected chi connectivity index (χ3v) is 2.06. The molecule has 2 rings (SSSR count). The molecular weight excluding hydrogens is 204 g/mol. The lowest BCUT2D eigenvalue weighted by molar-refractivity contribution is 0.421. The quantitative estimate of drug-likeness (QED) is 0.856. The normalized spacial score (nSPS) is 11.9. The van der Waals surface area contributed by atoms with Crippen LogP contribution in [0.2, 0.25) is 0 Å². The maximum Gasteiger partial charge on any atom is 0.307 e. The molecule has 0 aliphatic carbocycles. The molecule has 0 fully saturated rings. The van der Waals surface area contributed by atoms with Gasteiger partial charge in [-0.05, 0) is 20.8 Å². The average molecular weight is 220 g/mol. The predicted octanol–water partition coefficient (Wildman–Crippen LogP) is 1.75. The first kappa shape index (κ1) is 10.9. The molecule has 5 nitrogen and oxygen atoms in total. The highest BCUT2D eigenvalue weighted by Crippen LogP contribution is 2.08. The maximum atomic E-state index is 5.35. The number of aromatic nitrogens is 3. The fourth-order valence-corrected chi connectivity index (χ4v) is 1.22. The van der Waals surface area contributed by atoms with Crippen molar-refractivity contribution in [2.75, 3.05) is 0 Å². The van der Waals surface area contributed by atoms with Gasteiger partial charge in [-0.15, -0.1) is 0 Å². The van der Waals surface area contributed by atoms with Gasteiger partial charge in [-0.3, -0.25) is 4.57 Å². The Morgan fingerprint density at radius 3 is 2.88 bits per heavy atom. The van der Waals surface area contributed by atoms with Crippen LogP contribution in [0.5, 0.6) is 0 Å². The molecule has 2 heterocycles. The zero-order valence-electron chi connectivity index (χ0n) is 9.77. The summed E-state index contributed by atoms with van der Waals surface area (Å²) in [6.07, 6.45) is 6.81. The van der Waals surface area contributed by atoms with Crippen LogP contribution < -0.4 is 5.32 Å². The van der Waals surface area contributed by atoms with Crippen LogP contribution in [0.25, 0.3) is 6.01 Å². The molecule has 0 saturated carbocycles. The van der Waals surface area contributed by atoms with E-state index >= 15 is 0 Å². The van der Waals surface area contributed by atoms with E-state index in [1.165, 1.54) is 0 Å². The van der Waals surface area contributed by atoms with Crippen molar-refractivity contribution in [3.63, 3.8) is 0 Å². The second-order valence-electron chi connectivity index (χ2n) is 4.69. The highest BCUT2D eigenvalue weighted by molar-refractivity contribution is 5.10. The fraction of sp³-hybridized carbons (Fsp3) is 0.455. The van der Waals surface area contributed by atoms with Crippen molar-refractivity contribution in [2.24, 2.45) is 0 Å². The van der Waals surface area contributed by atoms with Gasteiger partial charge in [-0.2, -0.15) is 4.98 Å². The van der Waals surface area contributed by atoms with E-state index in [0.29, 0.717) is 12.6 Å². The van der Waals surface area contributed by atoms with Crippen LogP contribution in [0.4, 0.5) is 0 Å². The molecule has 0 bridgehead atoms. The Morgan fingerprint density at radius 2 is 2.25 bits per heavy atom. The summed E-state index contributed by atoms with van der Waals surface area (Å²) in [5.41, 5.74) is 0.965. The van der Waals surface area contributed by atoms with Crippen molar-refractivity contribution >= 4 is 0 Å². The lowest BCUT2D eigenvalue weighted by Crippen LogP contribution is -2.35. The zero-order valence-corrected chi connectivity index (χ0v) is 9.77. The smallest absolute Gasteiger partial charge is 0.307 e. The topological polar surface area (TPSA) is 55.9 Å². The molecule has 0 amide bonds. The summed E-state index contributed by atoms with van der Waals surface area (Å²) >= 11 is 0.